The molecule has 27 heavy (non-hydrogen) atoms. The molecule has 1 aliphatic rings. The molecular formula is C18H19F2N3O3S. The molecule has 1 amide bonds. The average molecular weight is 395 g/mol. The van der Waals surface area contributed by atoms with Gasteiger partial charge in [-0.05, 0) is 43.0 Å². The lowest BCUT2D eigenvalue weighted by atomic mass is 9.97. The summed E-state index contributed by atoms with van der Waals surface area (Å²) in [7, 11) is -3.99. The van der Waals surface area contributed by atoms with E-state index in [1.54, 1.807) is 29.4 Å². The monoisotopic (exact) mass is 395 g/mol. The zero-order chi connectivity index (χ0) is 19.4. The standard InChI is InChI=1S/C18H19F2N3O3S/c19-15-9-16(20)11-17(10-15)27(25,26)22-12-13-3-7-23(8-4-13)18(24)14-1-5-21-6-2-14/h1-2,5-6,9-11,13,22H,3-4,7-8,12H2. The molecule has 1 aliphatic heterocycles. The highest BCUT2D eigenvalue weighted by Gasteiger charge is 2.25. The van der Waals surface area contributed by atoms with Crippen LogP contribution in [0.5, 0.6) is 0 Å². The average Bonchev–Trinajstić information content (AvgIpc) is 2.66. The molecule has 6 nitrogen and oxygen atoms in total. The number of nitrogens with zero attached hydrogens (tertiary/aromatic N) is 2. The molecule has 1 saturated heterocycles. The Morgan fingerprint density at radius 1 is 1.11 bits per heavy atom. The molecule has 0 radical (unpaired) electrons. The fraction of sp³-hybridized carbons (Fsp3) is 0.333. The second-order valence-electron chi connectivity index (χ2n) is 6.43. The van der Waals surface area contributed by atoms with Gasteiger partial charge in [0.1, 0.15) is 11.6 Å². The summed E-state index contributed by atoms with van der Waals surface area (Å²) in [5, 5.41) is 0. The lowest BCUT2D eigenvalue weighted by Gasteiger charge is -2.32. The zero-order valence-corrected chi connectivity index (χ0v) is 15.3. The molecule has 0 atom stereocenters. The van der Waals surface area contributed by atoms with E-state index in [2.05, 4.69) is 9.71 Å². The number of aromatic nitrogens is 1. The Morgan fingerprint density at radius 2 is 1.70 bits per heavy atom. The summed E-state index contributed by atoms with van der Waals surface area (Å²) >= 11 is 0. The summed E-state index contributed by atoms with van der Waals surface area (Å²) in [5.74, 6) is -1.93. The van der Waals surface area contributed by atoms with Crippen LogP contribution in [-0.4, -0.2) is 43.8 Å². The van der Waals surface area contributed by atoms with E-state index in [0.717, 1.165) is 12.1 Å². The molecule has 1 aromatic carbocycles. The predicted molar refractivity (Wildman–Crippen MR) is 94.4 cm³/mol. The summed E-state index contributed by atoms with van der Waals surface area (Å²) < 4.78 is 53.3. The van der Waals surface area contributed by atoms with E-state index < -0.39 is 26.6 Å². The maximum atomic E-state index is 13.2. The van der Waals surface area contributed by atoms with Gasteiger partial charge in [0.25, 0.3) is 5.91 Å². The highest BCUT2D eigenvalue weighted by molar-refractivity contribution is 7.89. The number of amides is 1. The van der Waals surface area contributed by atoms with Crippen molar-refractivity contribution in [1.29, 1.82) is 0 Å². The molecule has 3 rings (SSSR count). The third-order valence-electron chi connectivity index (χ3n) is 4.54. The van der Waals surface area contributed by atoms with E-state index in [1.165, 1.54) is 0 Å². The van der Waals surface area contributed by atoms with Crippen LogP contribution in [0.3, 0.4) is 0 Å². The number of nitrogens with one attached hydrogen (secondary N) is 1. The molecular weight excluding hydrogens is 376 g/mol. The Balaban J connectivity index is 1.54. The summed E-state index contributed by atoms with van der Waals surface area (Å²) in [6.07, 6.45) is 4.39. The molecule has 0 spiro atoms. The van der Waals surface area contributed by atoms with Crippen molar-refractivity contribution >= 4 is 15.9 Å². The molecule has 1 fully saturated rings. The Morgan fingerprint density at radius 3 is 2.30 bits per heavy atom. The summed E-state index contributed by atoms with van der Waals surface area (Å²) in [5.41, 5.74) is 0.567. The highest BCUT2D eigenvalue weighted by atomic mass is 32.2. The van der Waals surface area contributed by atoms with Crippen LogP contribution in [0.15, 0.2) is 47.6 Å². The van der Waals surface area contributed by atoms with Crippen LogP contribution in [0.4, 0.5) is 8.78 Å². The van der Waals surface area contributed by atoms with Gasteiger partial charge in [0.05, 0.1) is 4.90 Å². The van der Waals surface area contributed by atoms with Gasteiger partial charge in [0.15, 0.2) is 0 Å². The summed E-state index contributed by atoms with van der Waals surface area (Å²) in [6, 6.07) is 5.48. The van der Waals surface area contributed by atoms with Gasteiger partial charge in [0, 0.05) is 43.7 Å². The fourth-order valence-corrected chi connectivity index (χ4v) is 4.17. The minimum atomic E-state index is -3.99. The van der Waals surface area contributed by atoms with Gasteiger partial charge in [-0.2, -0.15) is 0 Å². The van der Waals surface area contributed by atoms with Crippen LogP contribution < -0.4 is 4.72 Å². The second-order valence-corrected chi connectivity index (χ2v) is 8.20. The second kappa shape index (κ2) is 8.10. The van der Waals surface area contributed by atoms with Gasteiger partial charge in [-0.1, -0.05) is 0 Å². The number of rotatable bonds is 5. The van der Waals surface area contributed by atoms with E-state index in [1.807, 2.05) is 0 Å². The largest absolute Gasteiger partial charge is 0.339 e. The number of piperidine rings is 1. The Bertz CT molecular complexity index is 894. The van der Waals surface area contributed by atoms with Gasteiger partial charge >= 0.3 is 0 Å². The lowest BCUT2D eigenvalue weighted by Crippen LogP contribution is -2.41. The first-order chi connectivity index (χ1) is 12.8. The van der Waals surface area contributed by atoms with Crippen LogP contribution >= 0.6 is 0 Å². The number of carbonyl (C=O) groups is 1. The van der Waals surface area contributed by atoms with Crippen molar-refractivity contribution < 1.29 is 22.0 Å². The van der Waals surface area contributed by atoms with Crippen LogP contribution in [0.1, 0.15) is 23.2 Å². The van der Waals surface area contributed by atoms with Crippen molar-refractivity contribution in [2.24, 2.45) is 5.92 Å². The van der Waals surface area contributed by atoms with Crippen LogP contribution in [-0.2, 0) is 10.0 Å². The van der Waals surface area contributed by atoms with Gasteiger partial charge in [-0.25, -0.2) is 21.9 Å². The minimum absolute atomic E-state index is 0.0414. The van der Waals surface area contributed by atoms with Gasteiger partial charge in [-0.3, -0.25) is 9.78 Å². The van der Waals surface area contributed by atoms with E-state index in [4.69, 9.17) is 0 Å². The maximum absolute atomic E-state index is 13.2. The first-order valence-electron chi connectivity index (χ1n) is 8.50. The van der Waals surface area contributed by atoms with Gasteiger partial charge in [0.2, 0.25) is 10.0 Å². The Hall–Kier alpha value is -2.39. The smallest absolute Gasteiger partial charge is 0.253 e. The van der Waals surface area contributed by atoms with Crippen molar-refractivity contribution in [3.8, 4) is 0 Å². The highest BCUT2D eigenvalue weighted by Crippen LogP contribution is 2.20. The quantitative estimate of drug-likeness (QED) is 0.842. The molecule has 0 aliphatic carbocycles. The minimum Gasteiger partial charge on any atom is -0.339 e. The molecule has 1 N–H and O–H groups in total. The number of sulfonamides is 1. The number of carbonyl (C=O) groups excluding carboxylic acids is 1. The number of pyridine rings is 1. The molecule has 2 aromatic rings. The number of likely N-dealkylation sites (tertiary alicyclic amines) is 1. The number of halogens is 2. The van der Waals surface area contributed by atoms with E-state index in [0.29, 0.717) is 37.6 Å². The SMILES string of the molecule is O=C(c1ccncc1)N1CCC(CNS(=O)(=O)c2cc(F)cc(F)c2)CC1. The third kappa shape index (κ3) is 4.86. The lowest BCUT2D eigenvalue weighted by molar-refractivity contribution is 0.0692. The number of benzene rings is 1. The van der Waals surface area contributed by atoms with Crippen LogP contribution in [0.25, 0.3) is 0 Å². The zero-order valence-electron chi connectivity index (χ0n) is 14.4. The van der Waals surface area contributed by atoms with E-state index in [-0.39, 0.29) is 18.4 Å². The first-order valence-corrected chi connectivity index (χ1v) is 9.98. The summed E-state index contributed by atoms with van der Waals surface area (Å²) in [4.78, 5) is 17.6. The molecule has 9 heteroatoms. The normalized spacial score (nSPS) is 15.7. The van der Waals surface area contributed by atoms with Gasteiger partial charge < -0.3 is 4.90 Å². The maximum Gasteiger partial charge on any atom is 0.253 e. The number of hydrogen-bond donors (Lipinski definition) is 1. The van der Waals surface area contributed by atoms with Crippen molar-refractivity contribution in [1.82, 2.24) is 14.6 Å². The molecule has 144 valence electrons. The fourth-order valence-electron chi connectivity index (χ4n) is 3.01. The molecule has 1 aromatic heterocycles. The Kier molecular flexibility index (Phi) is 5.81. The van der Waals surface area contributed by atoms with Gasteiger partial charge in [-0.15, -0.1) is 0 Å². The summed E-state index contributed by atoms with van der Waals surface area (Å²) in [6.45, 7) is 1.18. The Labute approximate surface area is 156 Å². The molecule has 2 heterocycles. The molecule has 0 bridgehead atoms. The third-order valence-corrected chi connectivity index (χ3v) is 5.94. The van der Waals surface area contributed by atoms with E-state index >= 15 is 0 Å². The van der Waals surface area contributed by atoms with Crippen molar-refractivity contribution in [3.63, 3.8) is 0 Å². The van der Waals surface area contributed by atoms with Crippen LogP contribution in [0, 0.1) is 17.6 Å². The van der Waals surface area contributed by atoms with E-state index in [9.17, 15) is 22.0 Å². The van der Waals surface area contributed by atoms with Crippen molar-refractivity contribution in [3.05, 3.63) is 59.9 Å². The van der Waals surface area contributed by atoms with Crippen molar-refractivity contribution in [2.75, 3.05) is 19.6 Å². The molecule has 0 saturated carbocycles. The van der Waals surface area contributed by atoms with Crippen LogP contribution in [0.2, 0.25) is 0 Å². The predicted octanol–water partition coefficient (Wildman–Crippen LogP) is 2.19. The first kappa shape index (κ1) is 19.4. The molecule has 0 unspecified atom stereocenters. The topological polar surface area (TPSA) is 79.4 Å². The number of hydrogen-bond acceptors (Lipinski definition) is 4. The van der Waals surface area contributed by atoms with Crippen molar-refractivity contribution in [2.45, 2.75) is 17.7 Å².